The van der Waals surface area contributed by atoms with Crippen LogP contribution in [0.3, 0.4) is 0 Å². The van der Waals surface area contributed by atoms with E-state index in [4.69, 9.17) is 8.23 Å². The molecule has 0 aliphatic heterocycles. The average Bonchev–Trinajstić information content (AvgIpc) is 2.49. The molecule has 0 bridgehead atoms. The zero-order valence-corrected chi connectivity index (χ0v) is 19.8. The zero-order valence-electron chi connectivity index (χ0n) is 16.8. The van der Waals surface area contributed by atoms with Crippen LogP contribution in [0.15, 0.2) is 0 Å². The van der Waals surface area contributed by atoms with Crippen molar-refractivity contribution in [2.24, 2.45) is 0 Å². The Morgan fingerprint density at radius 2 is 0.696 bits per heavy atom. The van der Waals surface area contributed by atoms with Crippen molar-refractivity contribution < 1.29 is 8.23 Å². The van der Waals surface area contributed by atoms with Gasteiger partial charge in [0, 0.05) is 0 Å². The van der Waals surface area contributed by atoms with Gasteiger partial charge in [0.05, 0.1) is 0 Å². The van der Waals surface area contributed by atoms with Crippen LogP contribution in [0.4, 0.5) is 0 Å². The minimum Gasteiger partial charge on any atom is -0.434 e. The number of rotatable bonds is 16. The Balaban J connectivity index is 4.82. The van der Waals surface area contributed by atoms with E-state index in [0.717, 1.165) is 0 Å². The second-order valence-corrected chi connectivity index (χ2v) is 16.7. The van der Waals surface area contributed by atoms with Gasteiger partial charge >= 0.3 is 10.0 Å². The molecule has 138 valence electrons. The fourth-order valence-corrected chi connectivity index (χ4v) is 15.4. The first-order chi connectivity index (χ1) is 11.1. The molecule has 0 amide bonds. The summed E-state index contributed by atoms with van der Waals surface area (Å²) in [4.78, 5) is 0. The van der Waals surface area contributed by atoms with Gasteiger partial charge in [-0.15, -0.1) is 0 Å². The first-order valence-corrected chi connectivity index (χ1v) is 16.1. The van der Waals surface area contributed by atoms with Crippen LogP contribution in [0.25, 0.3) is 0 Å². The normalized spacial score (nSPS) is 12.8. The lowest BCUT2D eigenvalue weighted by Gasteiger charge is -2.35. The number of hydrogen-bond acceptors (Lipinski definition) is 2. The van der Waals surface area contributed by atoms with Crippen molar-refractivity contribution in [2.75, 3.05) is 0 Å². The molecule has 2 nitrogen and oxygen atoms in total. The van der Waals surface area contributed by atoms with E-state index in [1.54, 1.807) is 0 Å². The Labute approximate surface area is 151 Å². The molecule has 0 aliphatic rings. The molecule has 0 aliphatic carbocycles. The van der Waals surface area contributed by atoms with Crippen LogP contribution < -0.4 is 0 Å². The fraction of sp³-hybridized carbons (Fsp3) is 1.00. The van der Waals surface area contributed by atoms with Gasteiger partial charge in [-0.05, 0) is 36.3 Å². The summed E-state index contributed by atoms with van der Waals surface area (Å²) in [6.45, 7) is 13.9. The maximum atomic E-state index is 6.62. The molecular weight excluding hydrogens is 332 g/mol. The highest BCUT2D eigenvalue weighted by Gasteiger charge is 2.36. The molecule has 0 aromatic carbocycles. The molecule has 5 heteroatoms. The maximum absolute atomic E-state index is 6.62. The van der Waals surface area contributed by atoms with Crippen molar-refractivity contribution in [3.63, 3.8) is 0 Å². The van der Waals surface area contributed by atoms with Gasteiger partial charge in [0.1, 0.15) is 0 Å². The van der Waals surface area contributed by atoms with Crippen LogP contribution in [0, 0.1) is 0 Å². The van der Waals surface area contributed by atoms with Gasteiger partial charge in [0.2, 0.25) is 0 Å². The highest BCUT2D eigenvalue weighted by atomic mass is 28.4. The van der Waals surface area contributed by atoms with Crippen LogP contribution in [-0.2, 0) is 8.23 Å². The van der Waals surface area contributed by atoms with Gasteiger partial charge in [-0.3, -0.25) is 0 Å². The largest absolute Gasteiger partial charge is 0.434 e. The summed E-state index contributed by atoms with van der Waals surface area (Å²) in [6, 6.07) is 7.89. The molecule has 0 N–H and O–H groups in total. The van der Waals surface area contributed by atoms with E-state index in [9.17, 15) is 0 Å². The van der Waals surface area contributed by atoms with Crippen molar-refractivity contribution in [1.29, 1.82) is 0 Å². The molecule has 0 fully saturated rings. The van der Waals surface area contributed by atoms with Crippen LogP contribution in [0.5, 0.6) is 0 Å². The molecule has 0 rings (SSSR count). The Bertz CT molecular complexity index is 215. The highest BCUT2D eigenvalue weighted by molar-refractivity contribution is 6.80. The lowest BCUT2D eigenvalue weighted by atomic mass is 10.6. The Kier molecular flexibility index (Phi) is 14.2. The van der Waals surface area contributed by atoms with Crippen molar-refractivity contribution in [2.45, 2.75) is 116 Å². The SMILES string of the molecule is CCC[Si](CCC)(CCC)O[Si]O[Si](CCC)(CCC)CCC. The predicted molar refractivity (Wildman–Crippen MR) is 110 cm³/mol. The predicted octanol–water partition coefficient (Wildman–Crippen LogP) is 6.90. The first-order valence-electron chi connectivity index (χ1n) is 10.2. The van der Waals surface area contributed by atoms with Crippen molar-refractivity contribution in [3.8, 4) is 0 Å². The molecule has 0 aromatic heterocycles. The summed E-state index contributed by atoms with van der Waals surface area (Å²) in [7, 11) is -2.79. The second kappa shape index (κ2) is 13.8. The third kappa shape index (κ3) is 9.00. The minimum absolute atomic E-state index is 0.317. The highest BCUT2D eigenvalue weighted by Crippen LogP contribution is 2.30. The van der Waals surface area contributed by atoms with E-state index in [-0.39, 0.29) is 0 Å². The van der Waals surface area contributed by atoms with Crippen molar-refractivity contribution >= 4 is 26.6 Å². The molecule has 0 saturated carbocycles. The van der Waals surface area contributed by atoms with E-state index in [0.29, 0.717) is 10.0 Å². The van der Waals surface area contributed by atoms with E-state index in [1.165, 1.54) is 74.8 Å². The van der Waals surface area contributed by atoms with Gasteiger partial charge in [0.25, 0.3) is 0 Å². The molecule has 0 spiro atoms. The van der Waals surface area contributed by atoms with Gasteiger partial charge in [-0.1, -0.05) is 80.1 Å². The van der Waals surface area contributed by atoms with E-state index >= 15 is 0 Å². The van der Waals surface area contributed by atoms with Crippen molar-refractivity contribution in [3.05, 3.63) is 0 Å². The summed E-state index contributed by atoms with van der Waals surface area (Å²) >= 11 is 0. The third-order valence-electron chi connectivity index (χ3n) is 4.75. The van der Waals surface area contributed by atoms with Gasteiger partial charge < -0.3 is 8.23 Å². The summed E-state index contributed by atoms with van der Waals surface area (Å²) < 4.78 is 13.2. The molecule has 2 radical (unpaired) electrons. The van der Waals surface area contributed by atoms with E-state index in [2.05, 4.69) is 41.5 Å². The zero-order chi connectivity index (χ0) is 17.6. The summed E-state index contributed by atoms with van der Waals surface area (Å²) in [5.74, 6) is 0. The molecule has 0 saturated heterocycles. The Hall–Kier alpha value is 0.571. The molecule has 0 heterocycles. The number of hydrogen-bond donors (Lipinski definition) is 0. The monoisotopic (exact) mass is 374 g/mol. The van der Waals surface area contributed by atoms with Crippen molar-refractivity contribution in [1.82, 2.24) is 0 Å². The molecule has 0 atom stereocenters. The summed E-state index contributed by atoms with van der Waals surface area (Å²) in [6.07, 6.45) is 7.57. The van der Waals surface area contributed by atoms with Gasteiger partial charge in [0.15, 0.2) is 16.6 Å². The Morgan fingerprint density at radius 1 is 0.478 bits per heavy atom. The van der Waals surface area contributed by atoms with Gasteiger partial charge in [-0.25, -0.2) is 0 Å². The van der Waals surface area contributed by atoms with Crippen LogP contribution >= 0.6 is 0 Å². The average molecular weight is 375 g/mol. The second-order valence-electron chi connectivity index (χ2n) is 7.15. The van der Waals surface area contributed by atoms with Crippen LogP contribution in [0.2, 0.25) is 36.3 Å². The van der Waals surface area contributed by atoms with Crippen LogP contribution in [-0.4, -0.2) is 26.6 Å². The smallest absolute Gasteiger partial charge is 0.410 e. The summed E-state index contributed by atoms with van der Waals surface area (Å²) in [5, 5.41) is 0. The standard InChI is InChI=1S/C18H42O2Si3/c1-7-13-22(14-8-2,15-9-3)19-21-20-23(16-10-4,17-11-5)18-12-6/h7-18H2,1-6H3. The molecule has 0 unspecified atom stereocenters. The van der Waals surface area contributed by atoms with Gasteiger partial charge in [-0.2, -0.15) is 0 Å². The minimum atomic E-state index is -1.55. The Morgan fingerprint density at radius 3 is 0.870 bits per heavy atom. The van der Waals surface area contributed by atoms with E-state index < -0.39 is 16.6 Å². The molecule has 23 heavy (non-hydrogen) atoms. The summed E-state index contributed by atoms with van der Waals surface area (Å²) in [5.41, 5.74) is 0. The van der Waals surface area contributed by atoms with E-state index in [1.807, 2.05) is 0 Å². The third-order valence-corrected chi connectivity index (χ3v) is 17.3. The molecule has 0 aromatic rings. The molecular formula is C18H42O2Si3. The fourth-order valence-electron chi connectivity index (χ4n) is 3.99. The lowest BCUT2D eigenvalue weighted by Crippen LogP contribution is -2.45. The lowest BCUT2D eigenvalue weighted by molar-refractivity contribution is 0.426. The first kappa shape index (κ1) is 23.6. The maximum Gasteiger partial charge on any atom is 0.410 e. The van der Waals surface area contributed by atoms with Crippen LogP contribution in [0.1, 0.15) is 80.1 Å². The quantitative estimate of drug-likeness (QED) is 0.273. The topological polar surface area (TPSA) is 18.5 Å².